The Labute approximate surface area is 91.5 Å². The minimum atomic E-state index is 0.231. The molecule has 0 atom stereocenters. The maximum atomic E-state index is 5.42. The number of ether oxygens (including phenoxy) is 1. The lowest BCUT2D eigenvalue weighted by molar-refractivity contribution is 0.342. The lowest BCUT2D eigenvalue weighted by Gasteiger charge is -1.97. The Morgan fingerprint density at radius 1 is 1.06 bits per heavy atom. The van der Waals surface area contributed by atoms with Gasteiger partial charge in [0.1, 0.15) is 5.52 Å². The molecule has 0 aliphatic carbocycles. The van der Waals surface area contributed by atoms with E-state index in [1.54, 1.807) is 24.5 Å². The number of pyridine rings is 1. The summed E-state index contributed by atoms with van der Waals surface area (Å²) in [6.07, 6.45) is 3.52. The smallest absolute Gasteiger partial charge is 0.400 e. The molecule has 78 valence electrons. The number of oxazole rings is 1. The molecule has 2 heterocycles. The van der Waals surface area contributed by atoms with Gasteiger partial charge in [-0.15, -0.1) is 0 Å². The molecule has 3 aromatic rings. The molecule has 0 fully saturated rings. The first-order valence-corrected chi connectivity index (χ1v) is 4.85. The average Bonchev–Trinajstić information content (AvgIpc) is 2.72. The van der Waals surface area contributed by atoms with Crippen molar-refractivity contribution in [3.05, 3.63) is 48.8 Å². The van der Waals surface area contributed by atoms with Crippen molar-refractivity contribution in [2.75, 3.05) is 0 Å². The molecule has 0 amide bonds. The zero-order chi connectivity index (χ0) is 10.8. The highest BCUT2D eigenvalue weighted by atomic mass is 16.6. The first-order valence-electron chi connectivity index (χ1n) is 4.85. The van der Waals surface area contributed by atoms with E-state index < -0.39 is 0 Å². The molecule has 16 heavy (non-hydrogen) atoms. The first-order chi connectivity index (χ1) is 7.92. The van der Waals surface area contributed by atoms with Crippen LogP contribution in [-0.4, -0.2) is 9.97 Å². The van der Waals surface area contributed by atoms with Gasteiger partial charge in [-0.1, -0.05) is 12.1 Å². The van der Waals surface area contributed by atoms with Crippen molar-refractivity contribution < 1.29 is 9.15 Å². The molecule has 0 bridgehead atoms. The van der Waals surface area contributed by atoms with Gasteiger partial charge in [0.25, 0.3) is 0 Å². The normalized spacial score (nSPS) is 10.5. The molecule has 0 spiro atoms. The second-order valence-corrected chi connectivity index (χ2v) is 3.24. The summed E-state index contributed by atoms with van der Waals surface area (Å²) in [5.74, 6) is 0.606. The second kappa shape index (κ2) is 3.66. The lowest BCUT2D eigenvalue weighted by atomic mass is 10.3. The van der Waals surface area contributed by atoms with Crippen molar-refractivity contribution in [2.24, 2.45) is 0 Å². The van der Waals surface area contributed by atoms with Crippen LogP contribution in [0.2, 0.25) is 0 Å². The Morgan fingerprint density at radius 3 is 2.81 bits per heavy atom. The van der Waals surface area contributed by atoms with Crippen LogP contribution in [-0.2, 0) is 0 Å². The van der Waals surface area contributed by atoms with Crippen molar-refractivity contribution in [1.29, 1.82) is 0 Å². The highest BCUT2D eigenvalue weighted by Gasteiger charge is 2.06. The van der Waals surface area contributed by atoms with Gasteiger partial charge in [-0.05, 0) is 24.3 Å². The second-order valence-electron chi connectivity index (χ2n) is 3.24. The van der Waals surface area contributed by atoms with Gasteiger partial charge in [-0.3, -0.25) is 4.98 Å². The number of hydrogen-bond donors (Lipinski definition) is 0. The van der Waals surface area contributed by atoms with Crippen LogP contribution in [0.3, 0.4) is 0 Å². The summed E-state index contributed by atoms with van der Waals surface area (Å²) in [6, 6.07) is 11.1. The van der Waals surface area contributed by atoms with E-state index in [0.717, 1.165) is 5.52 Å². The monoisotopic (exact) mass is 212 g/mol. The summed E-state index contributed by atoms with van der Waals surface area (Å²) in [5.41, 5.74) is 1.49. The quantitative estimate of drug-likeness (QED) is 0.655. The van der Waals surface area contributed by atoms with Crippen LogP contribution in [0, 0.1) is 0 Å². The molecule has 2 aromatic heterocycles. The summed E-state index contributed by atoms with van der Waals surface area (Å²) >= 11 is 0. The third-order valence-corrected chi connectivity index (χ3v) is 2.11. The Balaban J connectivity index is 1.95. The van der Waals surface area contributed by atoms with E-state index in [1.807, 2.05) is 24.3 Å². The summed E-state index contributed by atoms with van der Waals surface area (Å²) in [7, 11) is 0. The summed E-state index contributed by atoms with van der Waals surface area (Å²) < 4.78 is 10.8. The molecule has 0 saturated heterocycles. The minimum absolute atomic E-state index is 0.231. The van der Waals surface area contributed by atoms with E-state index in [0.29, 0.717) is 11.3 Å². The largest absolute Gasteiger partial charge is 0.409 e. The van der Waals surface area contributed by atoms with Gasteiger partial charge in [0.05, 0.1) is 6.20 Å². The van der Waals surface area contributed by atoms with Gasteiger partial charge < -0.3 is 9.15 Å². The summed E-state index contributed by atoms with van der Waals surface area (Å²) in [6.45, 7) is 0. The van der Waals surface area contributed by atoms with Crippen LogP contribution in [0.4, 0.5) is 0 Å². The molecule has 0 N–H and O–H groups in total. The standard InChI is InChI=1S/C12H8N2O2/c1-2-6-11-10(5-1)14-12(16-11)15-9-4-3-7-13-8-9/h1-8H. The topological polar surface area (TPSA) is 48.2 Å². The van der Waals surface area contributed by atoms with Crippen molar-refractivity contribution in [2.45, 2.75) is 0 Å². The van der Waals surface area contributed by atoms with Crippen LogP contribution in [0.25, 0.3) is 11.1 Å². The molecule has 0 saturated carbocycles. The van der Waals surface area contributed by atoms with Gasteiger partial charge in [-0.2, -0.15) is 4.98 Å². The number of nitrogens with zero attached hydrogens (tertiary/aromatic N) is 2. The Hall–Kier alpha value is -2.36. The molecule has 0 aliphatic heterocycles. The SMILES string of the molecule is c1cncc(Oc2nc3ccccc3o2)c1. The molecule has 0 aliphatic rings. The number of aromatic nitrogens is 2. The molecular weight excluding hydrogens is 204 g/mol. The van der Waals surface area contributed by atoms with E-state index in [1.165, 1.54) is 0 Å². The van der Waals surface area contributed by atoms with Gasteiger partial charge in [0.2, 0.25) is 0 Å². The predicted octanol–water partition coefficient (Wildman–Crippen LogP) is 3.02. The van der Waals surface area contributed by atoms with Crippen molar-refractivity contribution in [3.8, 4) is 11.8 Å². The van der Waals surface area contributed by atoms with Crippen molar-refractivity contribution in [1.82, 2.24) is 9.97 Å². The van der Waals surface area contributed by atoms with Crippen LogP contribution >= 0.6 is 0 Å². The maximum absolute atomic E-state index is 5.42. The van der Waals surface area contributed by atoms with E-state index >= 15 is 0 Å². The fraction of sp³-hybridized carbons (Fsp3) is 0. The molecule has 3 rings (SSSR count). The average molecular weight is 212 g/mol. The fourth-order valence-corrected chi connectivity index (χ4v) is 1.40. The van der Waals surface area contributed by atoms with E-state index in [4.69, 9.17) is 9.15 Å². The molecule has 0 unspecified atom stereocenters. The number of hydrogen-bond acceptors (Lipinski definition) is 4. The Kier molecular flexibility index (Phi) is 2.04. The molecule has 0 radical (unpaired) electrons. The highest BCUT2D eigenvalue weighted by molar-refractivity contribution is 5.72. The molecule has 1 aromatic carbocycles. The highest BCUT2D eigenvalue weighted by Crippen LogP contribution is 2.24. The van der Waals surface area contributed by atoms with Crippen LogP contribution in [0.5, 0.6) is 11.8 Å². The number of benzene rings is 1. The van der Waals surface area contributed by atoms with E-state index in [2.05, 4.69) is 9.97 Å². The van der Waals surface area contributed by atoms with E-state index in [9.17, 15) is 0 Å². The van der Waals surface area contributed by atoms with Crippen LogP contribution < -0.4 is 4.74 Å². The molecule has 4 heteroatoms. The zero-order valence-electron chi connectivity index (χ0n) is 8.33. The molecule has 4 nitrogen and oxygen atoms in total. The maximum Gasteiger partial charge on any atom is 0.400 e. The Morgan fingerprint density at radius 2 is 2.00 bits per heavy atom. The van der Waals surface area contributed by atoms with Gasteiger partial charge >= 0.3 is 6.08 Å². The zero-order valence-corrected chi connectivity index (χ0v) is 8.33. The number of rotatable bonds is 2. The van der Waals surface area contributed by atoms with Gasteiger partial charge in [-0.25, -0.2) is 0 Å². The lowest BCUT2D eigenvalue weighted by Crippen LogP contribution is -1.83. The summed E-state index contributed by atoms with van der Waals surface area (Å²) in [4.78, 5) is 8.13. The first kappa shape index (κ1) is 8.91. The number of fused-ring (bicyclic) bond motifs is 1. The van der Waals surface area contributed by atoms with Crippen molar-refractivity contribution >= 4 is 11.1 Å². The predicted molar refractivity (Wildman–Crippen MR) is 58.3 cm³/mol. The van der Waals surface area contributed by atoms with Crippen molar-refractivity contribution in [3.63, 3.8) is 0 Å². The van der Waals surface area contributed by atoms with Crippen LogP contribution in [0.15, 0.2) is 53.2 Å². The summed E-state index contributed by atoms with van der Waals surface area (Å²) in [5, 5.41) is 0. The third kappa shape index (κ3) is 1.61. The van der Waals surface area contributed by atoms with E-state index in [-0.39, 0.29) is 6.08 Å². The minimum Gasteiger partial charge on any atom is -0.409 e. The molecular formula is C12H8N2O2. The third-order valence-electron chi connectivity index (χ3n) is 2.11. The van der Waals surface area contributed by atoms with Gasteiger partial charge in [0.15, 0.2) is 11.3 Å². The van der Waals surface area contributed by atoms with Crippen LogP contribution in [0.1, 0.15) is 0 Å². The Bertz CT molecular complexity index is 571. The van der Waals surface area contributed by atoms with Gasteiger partial charge in [0, 0.05) is 6.20 Å². The fourth-order valence-electron chi connectivity index (χ4n) is 1.40. The number of para-hydroxylation sites is 2.